The minimum absolute atomic E-state index is 0.177. The van der Waals surface area contributed by atoms with E-state index in [-0.39, 0.29) is 10.9 Å². The fourth-order valence-corrected chi connectivity index (χ4v) is 3.91. The zero-order chi connectivity index (χ0) is 19.0. The summed E-state index contributed by atoms with van der Waals surface area (Å²) in [7, 11) is -3.62. The lowest BCUT2D eigenvalue weighted by Crippen LogP contribution is -2.33. The Hall–Kier alpha value is -2.05. The van der Waals surface area contributed by atoms with E-state index < -0.39 is 10.0 Å². The maximum Gasteiger partial charge on any atom is 0.240 e. The van der Waals surface area contributed by atoms with E-state index in [2.05, 4.69) is 4.72 Å². The first-order chi connectivity index (χ1) is 12.5. The van der Waals surface area contributed by atoms with Gasteiger partial charge in [-0.2, -0.15) is 0 Å². The van der Waals surface area contributed by atoms with Gasteiger partial charge in [-0.1, -0.05) is 30.3 Å². The van der Waals surface area contributed by atoms with Crippen molar-refractivity contribution in [3.63, 3.8) is 0 Å². The van der Waals surface area contributed by atoms with E-state index in [1.54, 1.807) is 12.1 Å². The molecule has 6 heteroatoms. The van der Waals surface area contributed by atoms with Gasteiger partial charge in [0.1, 0.15) is 0 Å². The summed E-state index contributed by atoms with van der Waals surface area (Å²) < 4.78 is 39.1. The second kappa shape index (κ2) is 9.59. The largest absolute Gasteiger partial charge is 0.490 e. The number of ether oxygens (including phenoxy) is 2. The molecule has 0 unspecified atom stereocenters. The molecule has 0 bridgehead atoms. The molecule has 26 heavy (non-hydrogen) atoms. The van der Waals surface area contributed by atoms with E-state index in [1.165, 1.54) is 11.6 Å². The van der Waals surface area contributed by atoms with E-state index in [9.17, 15) is 8.42 Å². The number of rotatable bonds is 10. The average molecular weight is 378 g/mol. The molecule has 1 atom stereocenters. The van der Waals surface area contributed by atoms with Crippen LogP contribution in [0.2, 0.25) is 0 Å². The van der Waals surface area contributed by atoms with Gasteiger partial charge in [0.25, 0.3) is 0 Å². The molecule has 0 fully saturated rings. The molecule has 0 heterocycles. The van der Waals surface area contributed by atoms with Gasteiger partial charge in [0.05, 0.1) is 18.1 Å². The monoisotopic (exact) mass is 377 g/mol. The molecule has 2 rings (SSSR count). The van der Waals surface area contributed by atoms with Crippen LogP contribution in [-0.2, 0) is 16.4 Å². The summed E-state index contributed by atoms with van der Waals surface area (Å²) in [5.74, 6) is 0.986. The van der Waals surface area contributed by atoms with Crippen LogP contribution in [-0.4, -0.2) is 27.7 Å². The van der Waals surface area contributed by atoms with Crippen molar-refractivity contribution in [3.8, 4) is 11.5 Å². The molecular weight excluding hydrogens is 350 g/mol. The summed E-state index contributed by atoms with van der Waals surface area (Å²) in [5.41, 5.74) is 1.19. The third-order valence-corrected chi connectivity index (χ3v) is 5.48. The van der Waals surface area contributed by atoms with E-state index in [1.807, 2.05) is 51.1 Å². The van der Waals surface area contributed by atoms with Gasteiger partial charge in [-0.3, -0.25) is 0 Å². The van der Waals surface area contributed by atoms with Gasteiger partial charge in [-0.15, -0.1) is 0 Å². The van der Waals surface area contributed by atoms with Gasteiger partial charge in [-0.05, 0) is 51.3 Å². The first-order valence-corrected chi connectivity index (χ1v) is 10.4. The lowest BCUT2D eigenvalue weighted by molar-refractivity contribution is 0.287. The van der Waals surface area contributed by atoms with Crippen molar-refractivity contribution >= 4 is 10.0 Å². The van der Waals surface area contributed by atoms with Crippen molar-refractivity contribution in [2.75, 3.05) is 13.2 Å². The lowest BCUT2D eigenvalue weighted by atomic mass is 10.1. The molecule has 5 nitrogen and oxygen atoms in total. The number of benzene rings is 2. The lowest BCUT2D eigenvalue weighted by Gasteiger charge is -2.16. The Morgan fingerprint density at radius 2 is 1.62 bits per heavy atom. The first kappa shape index (κ1) is 20.3. The quantitative estimate of drug-likeness (QED) is 0.684. The second-order valence-electron chi connectivity index (χ2n) is 6.02. The molecule has 0 saturated carbocycles. The molecule has 2 aromatic rings. The summed E-state index contributed by atoms with van der Waals surface area (Å²) >= 11 is 0. The molecule has 0 amide bonds. The van der Waals surface area contributed by atoms with Crippen LogP contribution in [0.3, 0.4) is 0 Å². The number of nitrogens with one attached hydrogen (secondary N) is 1. The van der Waals surface area contributed by atoms with Crippen molar-refractivity contribution in [1.29, 1.82) is 0 Å². The van der Waals surface area contributed by atoms with E-state index in [4.69, 9.17) is 9.47 Å². The van der Waals surface area contributed by atoms with Crippen LogP contribution in [0.5, 0.6) is 11.5 Å². The maximum atomic E-state index is 12.7. The first-order valence-electron chi connectivity index (χ1n) is 8.92. The molecule has 0 aliphatic heterocycles. The van der Waals surface area contributed by atoms with Crippen LogP contribution in [0.4, 0.5) is 0 Å². The summed E-state index contributed by atoms with van der Waals surface area (Å²) in [6, 6.07) is 14.5. The SMILES string of the molecule is CCOc1ccc(S(=O)(=O)N[C@H](C)CCc2ccccc2)cc1OCC. The van der Waals surface area contributed by atoms with Crippen molar-refractivity contribution < 1.29 is 17.9 Å². The predicted molar refractivity (Wildman–Crippen MR) is 103 cm³/mol. The van der Waals surface area contributed by atoms with Crippen molar-refractivity contribution in [2.45, 2.75) is 44.6 Å². The number of sulfonamides is 1. The van der Waals surface area contributed by atoms with Crippen molar-refractivity contribution in [1.82, 2.24) is 4.72 Å². The Bertz CT molecular complexity index is 791. The number of aryl methyl sites for hydroxylation is 1. The van der Waals surface area contributed by atoms with Crippen LogP contribution >= 0.6 is 0 Å². The third kappa shape index (κ3) is 5.75. The van der Waals surface area contributed by atoms with E-state index >= 15 is 0 Å². The Morgan fingerprint density at radius 1 is 0.962 bits per heavy atom. The summed E-state index contributed by atoms with van der Waals surface area (Å²) in [5, 5.41) is 0. The van der Waals surface area contributed by atoms with Gasteiger partial charge >= 0.3 is 0 Å². The topological polar surface area (TPSA) is 64.6 Å². The number of hydrogen-bond acceptors (Lipinski definition) is 4. The molecule has 0 radical (unpaired) electrons. The summed E-state index contributed by atoms with van der Waals surface area (Å²) in [6.45, 7) is 6.51. The zero-order valence-electron chi connectivity index (χ0n) is 15.6. The Morgan fingerprint density at radius 3 is 2.27 bits per heavy atom. The summed E-state index contributed by atoms with van der Waals surface area (Å²) in [6.07, 6.45) is 1.54. The van der Waals surface area contributed by atoms with Crippen LogP contribution in [0, 0.1) is 0 Å². The molecule has 0 saturated heterocycles. The van der Waals surface area contributed by atoms with Crippen LogP contribution < -0.4 is 14.2 Å². The highest BCUT2D eigenvalue weighted by atomic mass is 32.2. The van der Waals surface area contributed by atoms with Gasteiger partial charge < -0.3 is 9.47 Å². The highest BCUT2D eigenvalue weighted by Crippen LogP contribution is 2.30. The minimum atomic E-state index is -3.62. The van der Waals surface area contributed by atoms with Crippen molar-refractivity contribution in [2.24, 2.45) is 0 Å². The van der Waals surface area contributed by atoms with Gasteiger partial charge in [0.2, 0.25) is 10.0 Å². The fraction of sp³-hybridized carbons (Fsp3) is 0.400. The van der Waals surface area contributed by atoms with Crippen LogP contribution in [0.1, 0.15) is 32.8 Å². The van der Waals surface area contributed by atoms with Crippen molar-refractivity contribution in [3.05, 3.63) is 54.1 Å². The molecule has 0 aliphatic carbocycles. The average Bonchev–Trinajstić information content (AvgIpc) is 2.62. The minimum Gasteiger partial charge on any atom is -0.490 e. The molecule has 1 N–H and O–H groups in total. The van der Waals surface area contributed by atoms with E-state index in [0.29, 0.717) is 24.7 Å². The normalized spacial score (nSPS) is 12.6. The summed E-state index contributed by atoms with van der Waals surface area (Å²) in [4.78, 5) is 0.177. The van der Waals surface area contributed by atoms with Crippen LogP contribution in [0.15, 0.2) is 53.4 Å². The molecule has 0 aromatic heterocycles. The van der Waals surface area contributed by atoms with E-state index in [0.717, 1.165) is 12.8 Å². The fourth-order valence-electron chi connectivity index (χ4n) is 2.62. The van der Waals surface area contributed by atoms with Gasteiger partial charge in [0.15, 0.2) is 11.5 Å². The Kier molecular flexibility index (Phi) is 7.48. The van der Waals surface area contributed by atoms with Gasteiger partial charge in [0, 0.05) is 12.1 Å². The molecule has 2 aromatic carbocycles. The highest BCUT2D eigenvalue weighted by molar-refractivity contribution is 7.89. The molecule has 0 spiro atoms. The zero-order valence-corrected chi connectivity index (χ0v) is 16.4. The molecular formula is C20H27NO4S. The van der Waals surface area contributed by atoms with Crippen LogP contribution in [0.25, 0.3) is 0 Å². The standard InChI is InChI=1S/C20H27NO4S/c1-4-24-19-14-13-18(15-20(19)25-5-2)26(22,23)21-16(3)11-12-17-9-7-6-8-10-17/h6-10,13-16,21H,4-5,11-12H2,1-3H3/t16-/m1/s1. The Balaban J connectivity index is 2.07. The highest BCUT2D eigenvalue weighted by Gasteiger charge is 2.19. The van der Waals surface area contributed by atoms with Gasteiger partial charge in [-0.25, -0.2) is 13.1 Å². The maximum absolute atomic E-state index is 12.7. The smallest absolute Gasteiger partial charge is 0.240 e. The molecule has 142 valence electrons. The number of hydrogen-bond donors (Lipinski definition) is 1. The third-order valence-electron chi connectivity index (χ3n) is 3.89. The Labute approximate surface area is 156 Å². The molecule has 0 aliphatic rings. The predicted octanol–water partition coefficient (Wildman–Crippen LogP) is 3.78. The second-order valence-corrected chi connectivity index (χ2v) is 7.74.